The number of benzene rings is 2. The summed E-state index contributed by atoms with van der Waals surface area (Å²) in [7, 11) is 0. The lowest BCUT2D eigenvalue weighted by Crippen LogP contribution is -2.34. The monoisotopic (exact) mass is 347 g/mol. The Morgan fingerprint density at radius 1 is 1.23 bits per heavy atom. The molecule has 2 heterocycles. The minimum atomic E-state index is 0.0188. The number of likely N-dealkylation sites (N-methyl/N-ethyl adjacent to an activating group) is 1. The summed E-state index contributed by atoms with van der Waals surface area (Å²) in [6, 6.07) is 15.8. The van der Waals surface area contributed by atoms with Gasteiger partial charge in [0.15, 0.2) is 0 Å². The van der Waals surface area contributed by atoms with Crippen LogP contribution < -0.4 is 9.64 Å². The molecular formula is C21H21N3O2. The Hall–Kier alpha value is -3.08. The summed E-state index contributed by atoms with van der Waals surface area (Å²) in [6.45, 7) is 5.33. The molecule has 0 radical (unpaired) electrons. The number of amides is 1. The molecule has 0 atom stereocenters. The van der Waals surface area contributed by atoms with E-state index in [0.29, 0.717) is 13.2 Å². The van der Waals surface area contributed by atoms with Crippen LogP contribution in [-0.2, 0) is 17.9 Å². The van der Waals surface area contributed by atoms with E-state index in [2.05, 4.69) is 18.1 Å². The molecule has 0 aliphatic carbocycles. The van der Waals surface area contributed by atoms with E-state index in [1.807, 2.05) is 49.4 Å². The molecule has 1 aromatic heterocycles. The minimum Gasteiger partial charge on any atom is -0.488 e. The van der Waals surface area contributed by atoms with Crippen molar-refractivity contribution in [3.8, 4) is 17.0 Å². The topological polar surface area (TPSA) is 47.4 Å². The van der Waals surface area contributed by atoms with Crippen molar-refractivity contribution < 1.29 is 9.53 Å². The summed E-state index contributed by atoms with van der Waals surface area (Å²) < 4.78 is 7.61. The van der Waals surface area contributed by atoms with Gasteiger partial charge in [-0.15, -0.1) is 0 Å². The molecule has 5 nitrogen and oxygen atoms in total. The second-order valence-corrected chi connectivity index (χ2v) is 6.44. The van der Waals surface area contributed by atoms with Crippen LogP contribution in [0.15, 0.2) is 54.7 Å². The van der Waals surface area contributed by atoms with Crippen molar-refractivity contribution >= 4 is 11.6 Å². The SMILES string of the molecule is CCN(C(=O)Cn1ncc2c1-c1cc(C)ccc1OC2)c1ccccc1. The zero-order valence-corrected chi connectivity index (χ0v) is 15.0. The first-order valence-electron chi connectivity index (χ1n) is 8.81. The van der Waals surface area contributed by atoms with E-state index in [-0.39, 0.29) is 12.5 Å². The third-order valence-electron chi connectivity index (χ3n) is 4.66. The molecule has 0 N–H and O–H groups in total. The van der Waals surface area contributed by atoms with E-state index < -0.39 is 0 Å². The second-order valence-electron chi connectivity index (χ2n) is 6.44. The Morgan fingerprint density at radius 2 is 2.04 bits per heavy atom. The number of rotatable bonds is 4. The van der Waals surface area contributed by atoms with Gasteiger partial charge in [-0.1, -0.05) is 29.8 Å². The van der Waals surface area contributed by atoms with Crippen molar-refractivity contribution in [2.75, 3.05) is 11.4 Å². The van der Waals surface area contributed by atoms with Crippen LogP contribution in [0.5, 0.6) is 5.75 Å². The number of carbonyl (C=O) groups is 1. The van der Waals surface area contributed by atoms with Gasteiger partial charge < -0.3 is 9.64 Å². The highest BCUT2D eigenvalue weighted by atomic mass is 16.5. The summed E-state index contributed by atoms with van der Waals surface area (Å²) >= 11 is 0. The second kappa shape index (κ2) is 6.67. The van der Waals surface area contributed by atoms with Crippen LogP contribution in [0.2, 0.25) is 0 Å². The Bertz CT molecular complexity index is 947. The average molecular weight is 347 g/mol. The third-order valence-corrected chi connectivity index (χ3v) is 4.66. The quantitative estimate of drug-likeness (QED) is 0.721. The van der Waals surface area contributed by atoms with Crippen molar-refractivity contribution in [2.45, 2.75) is 27.0 Å². The lowest BCUT2D eigenvalue weighted by Gasteiger charge is -2.23. The van der Waals surface area contributed by atoms with E-state index >= 15 is 0 Å². The molecule has 1 aliphatic heterocycles. The standard InChI is InChI=1S/C21H21N3O2/c1-3-23(17-7-5-4-6-8-17)20(25)13-24-21-16(12-22-24)14-26-19-10-9-15(2)11-18(19)21/h4-12H,3,13-14H2,1-2H3. The van der Waals surface area contributed by atoms with Crippen LogP contribution in [0.4, 0.5) is 5.69 Å². The highest BCUT2D eigenvalue weighted by Gasteiger charge is 2.24. The van der Waals surface area contributed by atoms with Gasteiger partial charge in [-0.3, -0.25) is 9.48 Å². The summed E-state index contributed by atoms with van der Waals surface area (Å²) in [4.78, 5) is 14.7. The maximum absolute atomic E-state index is 12.9. The Kier molecular flexibility index (Phi) is 4.21. The highest BCUT2D eigenvalue weighted by molar-refractivity contribution is 5.93. The van der Waals surface area contributed by atoms with Gasteiger partial charge in [0.1, 0.15) is 18.9 Å². The predicted octanol–water partition coefficient (Wildman–Crippen LogP) is 3.80. The number of carbonyl (C=O) groups excluding carboxylic acids is 1. The van der Waals surface area contributed by atoms with Crippen molar-refractivity contribution in [1.29, 1.82) is 0 Å². The fourth-order valence-corrected chi connectivity index (χ4v) is 3.40. The summed E-state index contributed by atoms with van der Waals surface area (Å²) in [5.41, 5.74) is 5.05. The van der Waals surface area contributed by atoms with Gasteiger partial charge in [0.05, 0.1) is 11.9 Å². The number of nitrogens with zero attached hydrogens (tertiary/aromatic N) is 3. The summed E-state index contributed by atoms with van der Waals surface area (Å²) in [5.74, 6) is 0.859. The van der Waals surface area contributed by atoms with Gasteiger partial charge in [0, 0.05) is 23.4 Å². The first-order valence-corrected chi connectivity index (χ1v) is 8.81. The number of hydrogen-bond donors (Lipinski definition) is 0. The summed E-state index contributed by atoms with van der Waals surface area (Å²) in [5, 5.41) is 4.47. The average Bonchev–Trinajstić information content (AvgIpc) is 3.06. The first-order chi connectivity index (χ1) is 12.7. The molecule has 132 valence electrons. The smallest absolute Gasteiger partial charge is 0.248 e. The van der Waals surface area contributed by atoms with Crippen molar-refractivity contribution in [3.05, 3.63) is 65.9 Å². The van der Waals surface area contributed by atoms with E-state index in [0.717, 1.165) is 33.8 Å². The molecular weight excluding hydrogens is 326 g/mol. The molecule has 0 saturated carbocycles. The van der Waals surface area contributed by atoms with Crippen molar-refractivity contribution in [1.82, 2.24) is 9.78 Å². The third kappa shape index (κ3) is 2.86. The van der Waals surface area contributed by atoms with Gasteiger partial charge in [-0.2, -0.15) is 5.10 Å². The van der Waals surface area contributed by atoms with Gasteiger partial charge in [0.2, 0.25) is 5.91 Å². The predicted molar refractivity (Wildman–Crippen MR) is 101 cm³/mol. The van der Waals surface area contributed by atoms with E-state index in [1.54, 1.807) is 15.8 Å². The number of aryl methyl sites for hydroxylation is 1. The van der Waals surface area contributed by atoms with E-state index in [4.69, 9.17) is 4.74 Å². The first kappa shape index (κ1) is 16.4. The van der Waals surface area contributed by atoms with Gasteiger partial charge in [-0.25, -0.2) is 0 Å². The molecule has 0 spiro atoms. The van der Waals surface area contributed by atoms with Crippen LogP contribution >= 0.6 is 0 Å². The Labute approximate surface area is 152 Å². The fourth-order valence-electron chi connectivity index (χ4n) is 3.40. The number of ether oxygens (including phenoxy) is 1. The molecule has 0 saturated heterocycles. The van der Waals surface area contributed by atoms with Crippen molar-refractivity contribution in [2.24, 2.45) is 0 Å². The molecule has 0 unspecified atom stereocenters. The number of aromatic nitrogens is 2. The van der Waals surface area contributed by atoms with E-state index in [9.17, 15) is 4.79 Å². The molecule has 26 heavy (non-hydrogen) atoms. The Morgan fingerprint density at radius 3 is 2.81 bits per heavy atom. The summed E-state index contributed by atoms with van der Waals surface area (Å²) in [6.07, 6.45) is 1.80. The largest absolute Gasteiger partial charge is 0.488 e. The molecule has 1 aliphatic rings. The van der Waals surface area contributed by atoms with Crippen molar-refractivity contribution in [3.63, 3.8) is 0 Å². The van der Waals surface area contributed by atoms with Crippen LogP contribution in [0.25, 0.3) is 11.3 Å². The number of hydrogen-bond acceptors (Lipinski definition) is 3. The minimum absolute atomic E-state index is 0.0188. The van der Waals surface area contributed by atoms with Crippen LogP contribution in [-0.4, -0.2) is 22.2 Å². The lowest BCUT2D eigenvalue weighted by atomic mass is 10.0. The molecule has 0 fully saturated rings. The Balaban J connectivity index is 1.67. The van der Waals surface area contributed by atoms with Gasteiger partial charge >= 0.3 is 0 Å². The van der Waals surface area contributed by atoms with Crippen LogP contribution in [0.1, 0.15) is 18.1 Å². The van der Waals surface area contributed by atoms with Crippen LogP contribution in [0.3, 0.4) is 0 Å². The van der Waals surface area contributed by atoms with Gasteiger partial charge in [0.25, 0.3) is 0 Å². The maximum atomic E-state index is 12.9. The number of anilines is 1. The maximum Gasteiger partial charge on any atom is 0.248 e. The zero-order valence-electron chi connectivity index (χ0n) is 15.0. The van der Waals surface area contributed by atoms with E-state index in [1.165, 1.54) is 0 Å². The number of fused-ring (bicyclic) bond motifs is 3. The zero-order chi connectivity index (χ0) is 18.1. The van der Waals surface area contributed by atoms with Gasteiger partial charge in [-0.05, 0) is 38.1 Å². The molecule has 0 bridgehead atoms. The molecule has 3 aromatic rings. The van der Waals surface area contributed by atoms with Crippen LogP contribution in [0, 0.1) is 6.92 Å². The number of para-hydroxylation sites is 1. The lowest BCUT2D eigenvalue weighted by molar-refractivity contribution is -0.119. The molecule has 4 rings (SSSR count). The highest BCUT2D eigenvalue weighted by Crippen LogP contribution is 2.38. The molecule has 2 aromatic carbocycles. The molecule has 5 heteroatoms. The fraction of sp³-hybridized carbons (Fsp3) is 0.238. The molecule has 1 amide bonds. The normalized spacial score (nSPS) is 12.1.